The van der Waals surface area contributed by atoms with E-state index in [9.17, 15) is 4.79 Å². The van der Waals surface area contributed by atoms with E-state index in [2.05, 4.69) is 22.0 Å². The predicted octanol–water partition coefficient (Wildman–Crippen LogP) is 4.31. The van der Waals surface area contributed by atoms with Gasteiger partial charge in [-0.2, -0.15) is 0 Å². The van der Waals surface area contributed by atoms with E-state index in [4.69, 9.17) is 11.6 Å². The van der Waals surface area contributed by atoms with E-state index >= 15 is 0 Å². The van der Waals surface area contributed by atoms with Crippen LogP contribution in [-0.2, 0) is 0 Å². The number of halogens is 1. The summed E-state index contributed by atoms with van der Waals surface area (Å²) in [5.74, 6) is 1.18. The van der Waals surface area contributed by atoms with Crippen LogP contribution in [0.2, 0.25) is 5.02 Å². The summed E-state index contributed by atoms with van der Waals surface area (Å²) >= 11 is 5.85. The van der Waals surface area contributed by atoms with Crippen LogP contribution in [0.5, 0.6) is 0 Å². The summed E-state index contributed by atoms with van der Waals surface area (Å²) in [4.78, 5) is 12.2. The van der Waals surface area contributed by atoms with Crippen molar-refractivity contribution in [2.24, 2.45) is 5.92 Å². The molecule has 0 aromatic heterocycles. The van der Waals surface area contributed by atoms with Crippen LogP contribution in [0.3, 0.4) is 0 Å². The molecule has 0 heterocycles. The molecule has 5 heteroatoms. The summed E-state index contributed by atoms with van der Waals surface area (Å²) in [5, 5.41) is 9.63. The van der Waals surface area contributed by atoms with Gasteiger partial charge in [0, 0.05) is 16.4 Å². The maximum atomic E-state index is 12.2. The van der Waals surface area contributed by atoms with Gasteiger partial charge in [-0.15, -0.1) is 0 Å². The minimum atomic E-state index is -0.245. The van der Waals surface area contributed by atoms with Crippen LogP contribution in [0, 0.1) is 5.92 Å². The first-order valence-corrected chi connectivity index (χ1v) is 8.12. The highest BCUT2D eigenvalue weighted by molar-refractivity contribution is 6.30. The lowest BCUT2D eigenvalue weighted by molar-refractivity contribution is 0.262. The molecule has 1 aliphatic rings. The van der Waals surface area contributed by atoms with E-state index in [1.165, 1.54) is 12.0 Å². The fourth-order valence-corrected chi connectivity index (χ4v) is 2.99. The third kappa shape index (κ3) is 4.03. The molecule has 3 N–H and O–H groups in total. The summed E-state index contributed by atoms with van der Waals surface area (Å²) < 4.78 is 0. The molecule has 0 spiro atoms. The summed E-state index contributed by atoms with van der Waals surface area (Å²) in [7, 11) is 1.97. The number of hydrogen-bond acceptors (Lipinski definition) is 2. The fourth-order valence-electron chi connectivity index (χ4n) is 2.87. The molecule has 1 saturated carbocycles. The van der Waals surface area contributed by atoms with Crippen LogP contribution >= 0.6 is 11.6 Å². The standard InChI is InChI=1S/C18H20ClN3O/c1-20-11-12-10-16(12)15-4-2-3-5-17(15)22-18(23)21-14-8-6-13(19)7-9-14/h2-9,12,16,20H,10-11H2,1H3,(H2,21,22,23). The summed E-state index contributed by atoms with van der Waals surface area (Å²) in [6, 6.07) is 14.8. The Bertz CT molecular complexity index is 687. The quantitative estimate of drug-likeness (QED) is 0.765. The van der Waals surface area contributed by atoms with Gasteiger partial charge in [0.25, 0.3) is 0 Å². The summed E-state index contributed by atoms with van der Waals surface area (Å²) in [6.07, 6.45) is 1.17. The highest BCUT2D eigenvalue weighted by atomic mass is 35.5. The minimum Gasteiger partial charge on any atom is -0.319 e. The van der Waals surface area contributed by atoms with Crippen molar-refractivity contribution in [1.82, 2.24) is 5.32 Å². The van der Waals surface area contributed by atoms with Crippen LogP contribution < -0.4 is 16.0 Å². The van der Waals surface area contributed by atoms with Crippen LogP contribution in [0.15, 0.2) is 48.5 Å². The van der Waals surface area contributed by atoms with Gasteiger partial charge in [-0.3, -0.25) is 0 Å². The number of carbonyl (C=O) groups excluding carboxylic acids is 1. The Morgan fingerprint density at radius 1 is 1.13 bits per heavy atom. The molecule has 0 aliphatic heterocycles. The second-order valence-corrected chi connectivity index (χ2v) is 6.27. The SMILES string of the molecule is CNCC1CC1c1ccccc1NC(=O)Nc1ccc(Cl)cc1. The zero-order valence-corrected chi connectivity index (χ0v) is 13.7. The number of para-hydroxylation sites is 1. The second-order valence-electron chi connectivity index (χ2n) is 5.83. The molecule has 0 bridgehead atoms. The molecule has 120 valence electrons. The smallest absolute Gasteiger partial charge is 0.319 e. The molecule has 3 rings (SSSR count). The van der Waals surface area contributed by atoms with Crippen molar-refractivity contribution in [3.8, 4) is 0 Å². The largest absolute Gasteiger partial charge is 0.323 e. The Labute approximate surface area is 141 Å². The van der Waals surface area contributed by atoms with Crippen molar-refractivity contribution >= 4 is 29.0 Å². The first-order chi connectivity index (χ1) is 11.2. The van der Waals surface area contributed by atoms with Crippen LogP contribution in [0.1, 0.15) is 17.9 Å². The zero-order valence-electron chi connectivity index (χ0n) is 13.0. The number of rotatable bonds is 5. The van der Waals surface area contributed by atoms with Gasteiger partial charge < -0.3 is 16.0 Å². The van der Waals surface area contributed by atoms with E-state index in [1.807, 2.05) is 25.2 Å². The fraction of sp³-hybridized carbons (Fsp3) is 0.278. The number of benzene rings is 2. The lowest BCUT2D eigenvalue weighted by Crippen LogP contribution is -2.20. The first-order valence-electron chi connectivity index (χ1n) is 7.74. The Balaban J connectivity index is 1.66. The normalized spacial score (nSPS) is 19.2. The second kappa shape index (κ2) is 7.02. The van der Waals surface area contributed by atoms with Gasteiger partial charge in [0.2, 0.25) is 0 Å². The number of hydrogen-bond donors (Lipinski definition) is 3. The van der Waals surface area contributed by atoms with E-state index in [0.717, 1.165) is 12.2 Å². The highest BCUT2D eigenvalue weighted by Crippen LogP contribution is 2.49. The molecule has 2 aromatic rings. The van der Waals surface area contributed by atoms with E-state index in [0.29, 0.717) is 22.5 Å². The molecule has 2 unspecified atom stereocenters. The molecule has 0 saturated heterocycles. The molecule has 2 aromatic carbocycles. The summed E-state index contributed by atoms with van der Waals surface area (Å²) in [6.45, 7) is 1.01. The highest BCUT2D eigenvalue weighted by Gasteiger charge is 2.38. The Hall–Kier alpha value is -2.04. The lowest BCUT2D eigenvalue weighted by atomic mass is 10.1. The van der Waals surface area contributed by atoms with E-state index < -0.39 is 0 Å². The molecule has 1 fully saturated rings. The number of carbonyl (C=O) groups is 1. The van der Waals surface area contributed by atoms with Crippen molar-refractivity contribution < 1.29 is 4.79 Å². The number of nitrogens with one attached hydrogen (secondary N) is 3. The van der Waals surface area contributed by atoms with Crippen molar-refractivity contribution in [1.29, 1.82) is 0 Å². The van der Waals surface area contributed by atoms with Gasteiger partial charge in [-0.05, 0) is 67.7 Å². The van der Waals surface area contributed by atoms with Crippen molar-refractivity contribution in [2.75, 3.05) is 24.2 Å². The first kappa shape index (κ1) is 15.8. The van der Waals surface area contributed by atoms with Gasteiger partial charge in [-0.25, -0.2) is 4.79 Å². The van der Waals surface area contributed by atoms with Crippen molar-refractivity contribution in [2.45, 2.75) is 12.3 Å². The molecule has 1 aliphatic carbocycles. The Morgan fingerprint density at radius 2 is 1.87 bits per heavy atom. The molecule has 2 atom stereocenters. The Morgan fingerprint density at radius 3 is 2.61 bits per heavy atom. The number of anilines is 2. The molecule has 4 nitrogen and oxygen atoms in total. The van der Waals surface area contributed by atoms with Crippen molar-refractivity contribution in [3.05, 3.63) is 59.1 Å². The minimum absolute atomic E-state index is 0.245. The molecular formula is C18H20ClN3O. The van der Waals surface area contributed by atoms with Gasteiger partial charge in [0.05, 0.1) is 0 Å². The van der Waals surface area contributed by atoms with Crippen molar-refractivity contribution in [3.63, 3.8) is 0 Å². The maximum absolute atomic E-state index is 12.2. The third-order valence-electron chi connectivity index (χ3n) is 4.10. The van der Waals surface area contributed by atoms with Crippen LogP contribution in [0.25, 0.3) is 0 Å². The van der Waals surface area contributed by atoms with E-state index in [-0.39, 0.29) is 6.03 Å². The summed E-state index contributed by atoms with van der Waals surface area (Å²) in [5.41, 5.74) is 2.80. The average Bonchev–Trinajstić information content (AvgIpc) is 3.30. The van der Waals surface area contributed by atoms with Gasteiger partial charge in [-0.1, -0.05) is 29.8 Å². The maximum Gasteiger partial charge on any atom is 0.323 e. The average molecular weight is 330 g/mol. The van der Waals surface area contributed by atoms with Gasteiger partial charge >= 0.3 is 6.03 Å². The van der Waals surface area contributed by atoms with Crippen LogP contribution in [-0.4, -0.2) is 19.6 Å². The topological polar surface area (TPSA) is 53.2 Å². The monoisotopic (exact) mass is 329 g/mol. The van der Waals surface area contributed by atoms with Crippen LogP contribution in [0.4, 0.5) is 16.2 Å². The Kier molecular flexibility index (Phi) is 4.84. The lowest BCUT2D eigenvalue weighted by Gasteiger charge is -2.12. The molecule has 0 radical (unpaired) electrons. The molecular weight excluding hydrogens is 310 g/mol. The number of urea groups is 1. The molecule has 23 heavy (non-hydrogen) atoms. The van der Waals surface area contributed by atoms with Gasteiger partial charge in [0.15, 0.2) is 0 Å². The molecule has 2 amide bonds. The zero-order chi connectivity index (χ0) is 16.2. The number of amides is 2. The predicted molar refractivity (Wildman–Crippen MR) is 95.3 cm³/mol. The third-order valence-corrected chi connectivity index (χ3v) is 4.35. The van der Waals surface area contributed by atoms with E-state index in [1.54, 1.807) is 24.3 Å². The van der Waals surface area contributed by atoms with Gasteiger partial charge in [0.1, 0.15) is 0 Å².